The maximum absolute atomic E-state index is 12.2. The lowest BCUT2D eigenvalue weighted by Gasteiger charge is -2.08. The van der Waals surface area contributed by atoms with Crippen LogP contribution in [-0.2, 0) is 9.84 Å². The fourth-order valence-corrected chi connectivity index (χ4v) is 3.48. The van der Waals surface area contributed by atoms with Crippen LogP contribution in [0.25, 0.3) is 11.3 Å². The monoisotopic (exact) mass is 284 g/mol. The molecule has 2 aromatic rings. The van der Waals surface area contributed by atoms with Crippen molar-refractivity contribution in [1.82, 2.24) is 0 Å². The van der Waals surface area contributed by atoms with Gasteiger partial charge in [0, 0.05) is 10.6 Å². The first-order chi connectivity index (χ1) is 8.54. The molecule has 2 rings (SSSR count). The summed E-state index contributed by atoms with van der Waals surface area (Å²) < 4.78 is 29.6. The van der Waals surface area contributed by atoms with Gasteiger partial charge in [-0.2, -0.15) is 0 Å². The molecule has 0 aliphatic heterocycles. The van der Waals surface area contributed by atoms with Gasteiger partial charge in [-0.05, 0) is 36.8 Å². The van der Waals surface area contributed by atoms with E-state index in [0.717, 1.165) is 0 Å². The van der Waals surface area contributed by atoms with Crippen LogP contribution in [0.3, 0.4) is 0 Å². The molecule has 1 heterocycles. The van der Waals surface area contributed by atoms with Crippen molar-refractivity contribution in [1.29, 1.82) is 0 Å². The molecule has 0 radical (unpaired) electrons. The van der Waals surface area contributed by atoms with E-state index in [1.165, 1.54) is 12.3 Å². The van der Waals surface area contributed by atoms with Crippen molar-refractivity contribution >= 4 is 21.4 Å². The van der Waals surface area contributed by atoms with Crippen LogP contribution in [0.1, 0.15) is 13.3 Å². The van der Waals surface area contributed by atoms with Crippen molar-refractivity contribution in [2.75, 3.05) is 5.75 Å². The number of halogens is 1. The predicted molar refractivity (Wildman–Crippen MR) is 71.5 cm³/mol. The van der Waals surface area contributed by atoms with E-state index >= 15 is 0 Å². The molecule has 0 aliphatic carbocycles. The van der Waals surface area contributed by atoms with Gasteiger partial charge in [0.25, 0.3) is 0 Å². The van der Waals surface area contributed by atoms with Gasteiger partial charge in [0.15, 0.2) is 9.84 Å². The highest BCUT2D eigenvalue weighted by molar-refractivity contribution is 7.91. The standard InChI is InChI=1S/C13H13ClO3S/c1-2-8-18(15,16)13-6-5-10(14)9-11(13)12-4-3-7-17-12/h3-7,9H,2,8H2,1H3. The molecule has 0 saturated carbocycles. The zero-order valence-electron chi connectivity index (χ0n) is 9.89. The molecule has 1 aromatic heterocycles. The Morgan fingerprint density at radius 3 is 2.67 bits per heavy atom. The van der Waals surface area contributed by atoms with Crippen LogP contribution >= 0.6 is 11.6 Å². The van der Waals surface area contributed by atoms with Crippen molar-refractivity contribution in [2.24, 2.45) is 0 Å². The molecule has 0 saturated heterocycles. The molecule has 3 nitrogen and oxygen atoms in total. The molecule has 5 heteroatoms. The molecule has 0 atom stereocenters. The summed E-state index contributed by atoms with van der Waals surface area (Å²) in [6.07, 6.45) is 2.08. The number of furan rings is 1. The second-order valence-electron chi connectivity index (χ2n) is 3.94. The van der Waals surface area contributed by atoms with Crippen molar-refractivity contribution < 1.29 is 12.8 Å². The molecular formula is C13H13ClO3S. The van der Waals surface area contributed by atoms with E-state index in [4.69, 9.17) is 16.0 Å². The second-order valence-corrected chi connectivity index (χ2v) is 6.45. The Hall–Kier alpha value is -1.26. The fourth-order valence-electron chi connectivity index (χ4n) is 1.78. The van der Waals surface area contributed by atoms with E-state index in [0.29, 0.717) is 22.8 Å². The molecular weight excluding hydrogens is 272 g/mol. The quantitative estimate of drug-likeness (QED) is 0.858. The van der Waals surface area contributed by atoms with Gasteiger partial charge < -0.3 is 4.42 Å². The fraction of sp³-hybridized carbons (Fsp3) is 0.231. The van der Waals surface area contributed by atoms with Gasteiger partial charge in [0.2, 0.25) is 0 Å². The van der Waals surface area contributed by atoms with Gasteiger partial charge in [-0.15, -0.1) is 0 Å². The number of rotatable bonds is 4. The summed E-state index contributed by atoms with van der Waals surface area (Å²) in [6, 6.07) is 8.16. The maximum atomic E-state index is 12.2. The summed E-state index contributed by atoms with van der Waals surface area (Å²) in [5, 5.41) is 0.483. The topological polar surface area (TPSA) is 47.3 Å². The largest absolute Gasteiger partial charge is 0.464 e. The highest BCUT2D eigenvalue weighted by atomic mass is 35.5. The number of sulfone groups is 1. The van der Waals surface area contributed by atoms with Gasteiger partial charge in [-0.25, -0.2) is 8.42 Å². The average molecular weight is 285 g/mol. The zero-order valence-corrected chi connectivity index (χ0v) is 11.5. The number of hydrogen-bond donors (Lipinski definition) is 0. The lowest BCUT2D eigenvalue weighted by Crippen LogP contribution is -2.07. The Kier molecular flexibility index (Phi) is 3.78. The van der Waals surface area contributed by atoms with Crippen LogP contribution in [-0.4, -0.2) is 14.2 Å². The average Bonchev–Trinajstić information content (AvgIpc) is 2.81. The normalized spacial score (nSPS) is 11.7. The predicted octanol–water partition coefficient (Wildman–Crippen LogP) is 3.78. The van der Waals surface area contributed by atoms with Crippen molar-refractivity contribution in [3.63, 3.8) is 0 Å². The Labute approximate surface area is 111 Å². The number of benzene rings is 1. The molecule has 96 valence electrons. The molecule has 0 bridgehead atoms. The van der Waals surface area contributed by atoms with Crippen molar-refractivity contribution in [3.8, 4) is 11.3 Å². The minimum absolute atomic E-state index is 0.113. The summed E-state index contributed by atoms with van der Waals surface area (Å²) >= 11 is 5.92. The third-order valence-electron chi connectivity index (χ3n) is 2.54. The lowest BCUT2D eigenvalue weighted by atomic mass is 10.2. The molecule has 0 aliphatic rings. The van der Waals surface area contributed by atoms with E-state index in [1.54, 1.807) is 24.3 Å². The zero-order chi connectivity index (χ0) is 13.2. The summed E-state index contributed by atoms with van der Waals surface area (Å²) in [7, 11) is -3.30. The summed E-state index contributed by atoms with van der Waals surface area (Å²) in [4.78, 5) is 0.267. The van der Waals surface area contributed by atoms with Crippen LogP contribution < -0.4 is 0 Å². The smallest absolute Gasteiger partial charge is 0.179 e. The highest BCUT2D eigenvalue weighted by Crippen LogP contribution is 2.31. The van der Waals surface area contributed by atoms with Crippen LogP contribution in [0.5, 0.6) is 0 Å². The molecule has 0 fully saturated rings. The van der Waals surface area contributed by atoms with Crippen molar-refractivity contribution in [2.45, 2.75) is 18.2 Å². The molecule has 0 N–H and O–H groups in total. The molecule has 0 amide bonds. The van der Waals surface area contributed by atoms with Gasteiger partial charge >= 0.3 is 0 Å². The Morgan fingerprint density at radius 2 is 2.06 bits per heavy atom. The van der Waals surface area contributed by atoms with E-state index < -0.39 is 9.84 Å². The third-order valence-corrected chi connectivity index (χ3v) is 4.74. The van der Waals surface area contributed by atoms with Crippen LogP contribution in [0.15, 0.2) is 45.9 Å². The second kappa shape index (κ2) is 5.16. The first-order valence-electron chi connectivity index (χ1n) is 5.61. The number of hydrogen-bond acceptors (Lipinski definition) is 3. The maximum Gasteiger partial charge on any atom is 0.179 e. The first-order valence-corrected chi connectivity index (χ1v) is 7.64. The highest BCUT2D eigenvalue weighted by Gasteiger charge is 2.20. The summed E-state index contributed by atoms with van der Waals surface area (Å²) in [6.45, 7) is 1.83. The summed E-state index contributed by atoms with van der Waals surface area (Å²) in [5.41, 5.74) is 0.515. The molecule has 0 unspecified atom stereocenters. The summed E-state index contributed by atoms with van der Waals surface area (Å²) in [5.74, 6) is 0.620. The Morgan fingerprint density at radius 1 is 1.28 bits per heavy atom. The molecule has 0 spiro atoms. The van der Waals surface area contributed by atoms with Crippen LogP contribution in [0, 0.1) is 0 Å². The van der Waals surface area contributed by atoms with Crippen LogP contribution in [0.4, 0.5) is 0 Å². The minimum atomic E-state index is -3.30. The molecule has 18 heavy (non-hydrogen) atoms. The van der Waals surface area contributed by atoms with Gasteiger partial charge in [-0.1, -0.05) is 18.5 Å². The van der Waals surface area contributed by atoms with Crippen LogP contribution in [0.2, 0.25) is 5.02 Å². The van der Waals surface area contributed by atoms with Crippen molar-refractivity contribution in [3.05, 3.63) is 41.6 Å². The van der Waals surface area contributed by atoms with E-state index in [2.05, 4.69) is 0 Å². The molecule has 1 aromatic carbocycles. The minimum Gasteiger partial charge on any atom is -0.464 e. The van der Waals surface area contributed by atoms with E-state index in [1.807, 2.05) is 6.92 Å². The first kappa shape index (κ1) is 13.2. The van der Waals surface area contributed by atoms with E-state index in [-0.39, 0.29) is 10.6 Å². The van der Waals surface area contributed by atoms with E-state index in [9.17, 15) is 8.42 Å². The Balaban J connectivity index is 2.62. The van der Waals surface area contributed by atoms with Gasteiger partial charge in [0.1, 0.15) is 5.76 Å². The third kappa shape index (κ3) is 2.60. The lowest BCUT2D eigenvalue weighted by molar-refractivity contribution is 0.577. The van der Waals surface area contributed by atoms with Gasteiger partial charge in [-0.3, -0.25) is 0 Å². The Bertz CT molecular complexity index is 630. The van der Waals surface area contributed by atoms with Gasteiger partial charge in [0.05, 0.1) is 16.9 Å². The SMILES string of the molecule is CCCS(=O)(=O)c1ccc(Cl)cc1-c1ccco1.